The lowest BCUT2D eigenvalue weighted by atomic mass is 10.0. The number of carbonyl (C=O) groups is 1. The van der Waals surface area contributed by atoms with Crippen LogP contribution in [-0.4, -0.2) is 28.9 Å². The zero-order chi connectivity index (χ0) is 10.8. The number of halogens is 1. The van der Waals surface area contributed by atoms with E-state index < -0.39 is 0 Å². The molecule has 0 bridgehead atoms. The Kier molecular flexibility index (Phi) is 3.41. The molecule has 2 rings (SSSR count). The van der Waals surface area contributed by atoms with Gasteiger partial charge in [0.2, 0.25) is 0 Å². The summed E-state index contributed by atoms with van der Waals surface area (Å²) in [6.07, 6.45) is 4.00. The van der Waals surface area contributed by atoms with Crippen LogP contribution in [0.5, 0.6) is 0 Å². The molecule has 3 nitrogen and oxygen atoms in total. The highest BCUT2D eigenvalue weighted by Gasteiger charge is 2.23. The third kappa shape index (κ3) is 2.58. The van der Waals surface area contributed by atoms with Crippen LogP contribution in [0.2, 0.25) is 0 Å². The molecule has 2 heterocycles. The van der Waals surface area contributed by atoms with E-state index in [2.05, 4.69) is 27.8 Å². The summed E-state index contributed by atoms with van der Waals surface area (Å²) in [5.41, 5.74) is 0. The Labute approximate surface area is 102 Å². The first kappa shape index (κ1) is 11.1. The molecule has 1 aliphatic heterocycles. The molecule has 0 radical (unpaired) electrons. The normalized spacial score (nSPS) is 21.7. The molecule has 15 heavy (non-hydrogen) atoms. The van der Waals surface area contributed by atoms with Crippen LogP contribution in [0.3, 0.4) is 0 Å². The van der Waals surface area contributed by atoms with E-state index in [0.29, 0.717) is 5.92 Å². The molecule has 82 valence electrons. The lowest BCUT2D eigenvalue weighted by Crippen LogP contribution is -2.38. The predicted molar refractivity (Wildman–Crippen MR) is 64.1 cm³/mol. The maximum absolute atomic E-state index is 12.0. The zero-order valence-corrected chi connectivity index (χ0v) is 11.0. The van der Waals surface area contributed by atoms with Gasteiger partial charge in [-0.05, 0) is 34.7 Å². The first-order valence-electron chi connectivity index (χ1n) is 5.07. The monoisotopic (exact) mass is 288 g/mol. The zero-order valence-electron chi connectivity index (χ0n) is 8.57. The second-order valence-electron chi connectivity index (χ2n) is 3.98. The van der Waals surface area contributed by atoms with Crippen LogP contribution in [-0.2, 0) is 0 Å². The van der Waals surface area contributed by atoms with Gasteiger partial charge in [-0.3, -0.25) is 4.79 Å². The molecule has 0 aliphatic carbocycles. The molecular formula is C10H13BrN2OS. The number of likely N-dealkylation sites (tertiary alicyclic amines) is 1. The molecule has 1 amide bonds. The van der Waals surface area contributed by atoms with Gasteiger partial charge in [-0.1, -0.05) is 6.92 Å². The van der Waals surface area contributed by atoms with Crippen LogP contribution in [0.15, 0.2) is 10.1 Å². The Morgan fingerprint density at radius 1 is 1.73 bits per heavy atom. The molecule has 1 fully saturated rings. The Balaban J connectivity index is 2.07. The quantitative estimate of drug-likeness (QED) is 0.796. The smallest absolute Gasteiger partial charge is 0.265 e. The molecule has 1 unspecified atom stereocenters. The van der Waals surface area contributed by atoms with Gasteiger partial charge in [-0.2, -0.15) is 0 Å². The summed E-state index contributed by atoms with van der Waals surface area (Å²) < 4.78 is 0.774. The fraction of sp³-hybridized carbons (Fsp3) is 0.600. The summed E-state index contributed by atoms with van der Waals surface area (Å²) >= 11 is 4.68. The van der Waals surface area contributed by atoms with Crippen molar-refractivity contribution in [1.29, 1.82) is 0 Å². The van der Waals surface area contributed by atoms with E-state index >= 15 is 0 Å². The van der Waals surface area contributed by atoms with Crippen molar-refractivity contribution in [2.24, 2.45) is 5.92 Å². The average Bonchev–Trinajstić information content (AvgIpc) is 2.64. The second kappa shape index (κ2) is 4.61. The highest BCUT2D eigenvalue weighted by atomic mass is 79.9. The van der Waals surface area contributed by atoms with Gasteiger partial charge >= 0.3 is 0 Å². The first-order chi connectivity index (χ1) is 7.16. The molecule has 0 saturated carbocycles. The van der Waals surface area contributed by atoms with Crippen molar-refractivity contribution in [1.82, 2.24) is 9.88 Å². The fourth-order valence-electron chi connectivity index (χ4n) is 1.88. The van der Waals surface area contributed by atoms with E-state index in [1.165, 1.54) is 17.8 Å². The van der Waals surface area contributed by atoms with Crippen LogP contribution in [0.4, 0.5) is 0 Å². The number of amides is 1. The van der Waals surface area contributed by atoms with Crippen molar-refractivity contribution in [3.63, 3.8) is 0 Å². The molecule has 1 aliphatic rings. The van der Waals surface area contributed by atoms with Crippen LogP contribution < -0.4 is 0 Å². The first-order valence-corrected chi connectivity index (χ1v) is 6.68. The minimum absolute atomic E-state index is 0.129. The highest BCUT2D eigenvalue weighted by Crippen LogP contribution is 2.23. The number of nitrogens with zero attached hydrogens (tertiary/aromatic N) is 2. The Morgan fingerprint density at radius 3 is 3.13 bits per heavy atom. The van der Waals surface area contributed by atoms with Crippen LogP contribution in [0.1, 0.15) is 29.4 Å². The third-order valence-electron chi connectivity index (χ3n) is 2.63. The number of carbonyl (C=O) groups excluding carboxylic acids is 1. The van der Waals surface area contributed by atoms with Crippen molar-refractivity contribution in [3.8, 4) is 0 Å². The molecule has 1 aromatic rings. The topological polar surface area (TPSA) is 33.2 Å². The number of aromatic nitrogens is 1. The number of piperidine rings is 1. The number of hydrogen-bond acceptors (Lipinski definition) is 3. The standard InChI is InChI=1S/C10H13BrN2OS/c1-7-3-2-4-13(6-7)9(14)8-5-12-10(11)15-8/h5,7H,2-4,6H2,1H3. The van der Waals surface area contributed by atoms with Gasteiger partial charge in [0.1, 0.15) is 4.88 Å². The lowest BCUT2D eigenvalue weighted by molar-refractivity contribution is 0.0688. The van der Waals surface area contributed by atoms with E-state index in [0.717, 1.165) is 28.3 Å². The minimum atomic E-state index is 0.129. The van der Waals surface area contributed by atoms with E-state index in [9.17, 15) is 4.79 Å². The summed E-state index contributed by atoms with van der Waals surface area (Å²) in [4.78, 5) is 18.7. The molecule has 0 aromatic carbocycles. The second-order valence-corrected chi connectivity index (χ2v) is 6.28. The molecule has 5 heteroatoms. The largest absolute Gasteiger partial charge is 0.338 e. The van der Waals surface area contributed by atoms with Crippen LogP contribution in [0.25, 0.3) is 0 Å². The Bertz CT molecular complexity index is 366. The molecule has 1 saturated heterocycles. The number of thiazole rings is 1. The maximum atomic E-state index is 12.0. The van der Waals surface area contributed by atoms with Crippen molar-refractivity contribution in [3.05, 3.63) is 15.0 Å². The van der Waals surface area contributed by atoms with Crippen LogP contribution >= 0.6 is 27.3 Å². The van der Waals surface area contributed by atoms with Crippen molar-refractivity contribution < 1.29 is 4.79 Å². The number of hydrogen-bond donors (Lipinski definition) is 0. The maximum Gasteiger partial charge on any atom is 0.265 e. The molecular weight excluding hydrogens is 276 g/mol. The number of rotatable bonds is 1. The summed E-state index contributed by atoms with van der Waals surface area (Å²) in [7, 11) is 0. The van der Waals surface area contributed by atoms with E-state index in [1.54, 1.807) is 6.20 Å². The van der Waals surface area contributed by atoms with E-state index in [4.69, 9.17) is 0 Å². The van der Waals surface area contributed by atoms with E-state index in [1.807, 2.05) is 4.90 Å². The summed E-state index contributed by atoms with van der Waals surface area (Å²) in [5.74, 6) is 0.754. The minimum Gasteiger partial charge on any atom is -0.338 e. The van der Waals surface area contributed by atoms with Gasteiger partial charge in [0, 0.05) is 13.1 Å². The molecule has 0 N–H and O–H groups in total. The van der Waals surface area contributed by atoms with Gasteiger partial charge < -0.3 is 4.90 Å². The van der Waals surface area contributed by atoms with Crippen LogP contribution in [0, 0.1) is 5.92 Å². The van der Waals surface area contributed by atoms with Gasteiger partial charge in [0.25, 0.3) is 5.91 Å². The van der Waals surface area contributed by atoms with Gasteiger partial charge in [0.05, 0.1) is 6.20 Å². The molecule has 0 spiro atoms. The fourth-order valence-corrected chi connectivity index (χ4v) is 3.12. The van der Waals surface area contributed by atoms with Crippen molar-refractivity contribution >= 4 is 33.2 Å². The van der Waals surface area contributed by atoms with Crippen molar-refractivity contribution in [2.45, 2.75) is 19.8 Å². The van der Waals surface area contributed by atoms with Gasteiger partial charge in [0.15, 0.2) is 3.92 Å². The van der Waals surface area contributed by atoms with E-state index in [-0.39, 0.29) is 5.91 Å². The molecule has 1 aromatic heterocycles. The van der Waals surface area contributed by atoms with Gasteiger partial charge in [-0.15, -0.1) is 11.3 Å². The van der Waals surface area contributed by atoms with Crippen molar-refractivity contribution in [2.75, 3.05) is 13.1 Å². The summed E-state index contributed by atoms with van der Waals surface area (Å²) in [5, 5.41) is 0. The summed E-state index contributed by atoms with van der Waals surface area (Å²) in [6.45, 7) is 3.97. The highest BCUT2D eigenvalue weighted by molar-refractivity contribution is 9.11. The predicted octanol–water partition coefficient (Wildman–Crippen LogP) is 2.78. The Hall–Kier alpha value is -0.420. The lowest BCUT2D eigenvalue weighted by Gasteiger charge is -2.30. The molecule has 1 atom stereocenters. The van der Waals surface area contributed by atoms with Gasteiger partial charge in [-0.25, -0.2) is 4.98 Å². The SMILES string of the molecule is CC1CCCN(C(=O)c2cnc(Br)s2)C1. The Morgan fingerprint density at radius 2 is 2.53 bits per heavy atom. The third-order valence-corrected chi connectivity index (χ3v) is 4.10. The summed E-state index contributed by atoms with van der Waals surface area (Å²) in [6, 6.07) is 0. The average molecular weight is 289 g/mol.